The largest absolute Gasteiger partial charge is 0.378 e. The Morgan fingerprint density at radius 2 is 2.17 bits per heavy atom. The molecule has 1 aromatic rings. The first-order valence-corrected chi connectivity index (χ1v) is 5.64. The maximum absolute atomic E-state index is 12.2. The molecule has 1 aromatic heterocycles. The molecule has 1 aliphatic rings. The maximum Gasteiger partial charge on any atom is 0.300 e. The van der Waals surface area contributed by atoms with Crippen molar-refractivity contribution < 1.29 is 14.5 Å². The highest BCUT2D eigenvalue weighted by Gasteiger charge is 2.26. The SMILES string of the molecule is O=C(c1cc(Cl)ncc1[N+](=O)[O-])N1CCOCC1. The van der Waals surface area contributed by atoms with E-state index in [-0.39, 0.29) is 16.4 Å². The summed E-state index contributed by atoms with van der Waals surface area (Å²) in [6, 6.07) is 1.22. The van der Waals surface area contributed by atoms with Crippen LogP contribution in [0.25, 0.3) is 0 Å². The van der Waals surface area contributed by atoms with Crippen LogP contribution >= 0.6 is 11.6 Å². The van der Waals surface area contributed by atoms with Gasteiger partial charge in [-0.25, -0.2) is 4.98 Å². The number of nitro groups is 1. The minimum Gasteiger partial charge on any atom is -0.378 e. The van der Waals surface area contributed by atoms with Crippen LogP contribution in [-0.2, 0) is 4.74 Å². The average molecular weight is 272 g/mol. The zero-order chi connectivity index (χ0) is 13.1. The van der Waals surface area contributed by atoms with Crippen LogP contribution in [0, 0.1) is 10.1 Å². The smallest absolute Gasteiger partial charge is 0.300 e. The molecule has 1 aliphatic heterocycles. The molecule has 18 heavy (non-hydrogen) atoms. The van der Waals surface area contributed by atoms with Crippen molar-refractivity contribution in [2.24, 2.45) is 0 Å². The minimum absolute atomic E-state index is 0.0399. The number of hydrogen-bond donors (Lipinski definition) is 0. The number of pyridine rings is 1. The molecule has 96 valence electrons. The van der Waals surface area contributed by atoms with E-state index in [1.54, 1.807) is 0 Å². The van der Waals surface area contributed by atoms with Gasteiger partial charge in [-0.15, -0.1) is 0 Å². The third kappa shape index (κ3) is 2.57. The van der Waals surface area contributed by atoms with Gasteiger partial charge in [-0.05, 0) is 6.07 Å². The normalized spacial score (nSPS) is 15.5. The summed E-state index contributed by atoms with van der Waals surface area (Å²) < 4.78 is 5.12. The number of amides is 1. The summed E-state index contributed by atoms with van der Waals surface area (Å²) in [6.07, 6.45) is 0.996. The van der Waals surface area contributed by atoms with Crippen molar-refractivity contribution in [3.8, 4) is 0 Å². The van der Waals surface area contributed by atoms with E-state index in [9.17, 15) is 14.9 Å². The van der Waals surface area contributed by atoms with Crippen molar-refractivity contribution in [1.82, 2.24) is 9.88 Å². The first kappa shape index (κ1) is 12.7. The molecule has 1 amide bonds. The lowest BCUT2D eigenvalue weighted by atomic mass is 10.2. The van der Waals surface area contributed by atoms with Gasteiger partial charge < -0.3 is 9.64 Å². The topological polar surface area (TPSA) is 85.6 Å². The van der Waals surface area contributed by atoms with Crippen LogP contribution in [0.5, 0.6) is 0 Å². The van der Waals surface area contributed by atoms with Gasteiger partial charge in [0.25, 0.3) is 11.6 Å². The Morgan fingerprint density at radius 3 is 2.78 bits per heavy atom. The fourth-order valence-electron chi connectivity index (χ4n) is 1.68. The molecule has 0 N–H and O–H groups in total. The van der Waals surface area contributed by atoms with Crippen LogP contribution < -0.4 is 0 Å². The van der Waals surface area contributed by atoms with E-state index < -0.39 is 10.8 Å². The summed E-state index contributed by atoms with van der Waals surface area (Å²) in [5.41, 5.74) is -0.377. The van der Waals surface area contributed by atoms with Gasteiger partial charge in [0.2, 0.25) is 0 Å². The molecule has 0 radical (unpaired) electrons. The molecule has 1 saturated heterocycles. The van der Waals surface area contributed by atoms with Gasteiger partial charge in [0, 0.05) is 13.1 Å². The second-order valence-corrected chi connectivity index (χ2v) is 4.07. The van der Waals surface area contributed by atoms with E-state index in [0.29, 0.717) is 26.3 Å². The van der Waals surface area contributed by atoms with Crippen molar-refractivity contribution in [3.05, 3.63) is 33.1 Å². The predicted octanol–water partition coefficient (Wildman–Crippen LogP) is 1.12. The van der Waals surface area contributed by atoms with Gasteiger partial charge in [0.05, 0.1) is 18.1 Å². The Balaban J connectivity index is 2.33. The van der Waals surface area contributed by atoms with Crippen molar-refractivity contribution in [2.45, 2.75) is 0 Å². The molecule has 0 atom stereocenters. The van der Waals surface area contributed by atoms with E-state index in [0.717, 1.165) is 6.20 Å². The monoisotopic (exact) mass is 271 g/mol. The van der Waals surface area contributed by atoms with Crippen molar-refractivity contribution in [1.29, 1.82) is 0 Å². The van der Waals surface area contributed by atoms with Crippen LogP contribution in [0.2, 0.25) is 5.15 Å². The quantitative estimate of drug-likeness (QED) is 0.457. The number of halogens is 1. The maximum atomic E-state index is 12.2. The van der Waals surface area contributed by atoms with Crippen LogP contribution in [0.1, 0.15) is 10.4 Å². The summed E-state index contributed by atoms with van der Waals surface area (Å²) in [5, 5.41) is 10.9. The van der Waals surface area contributed by atoms with Gasteiger partial charge in [0.15, 0.2) is 0 Å². The lowest BCUT2D eigenvalue weighted by molar-refractivity contribution is -0.385. The number of carbonyl (C=O) groups is 1. The van der Waals surface area contributed by atoms with Gasteiger partial charge in [-0.1, -0.05) is 11.6 Å². The zero-order valence-corrected chi connectivity index (χ0v) is 10.1. The zero-order valence-electron chi connectivity index (χ0n) is 9.34. The summed E-state index contributed by atoms with van der Waals surface area (Å²) in [5.74, 6) is -0.422. The second-order valence-electron chi connectivity index (χ2n) is 3.69. The van der Waals surface area contributed by atoms with Crippen molar-refractivity contribution in [2.75, 3.05) is 26.3 Å². The number of nitrogens with zero attached hydrogens (tertiary/aromatic N) is 3. The third-order valence-corrected chi connectivity index (χ3v) is 2.78. The number of ether oxygens (including phenoxy) is 1. The Bertz CT molecular complexity index is 488. The average Bonchev–Trinajstić information content (AvgIpc) is 2.38. The Morgan fingerprint density at radius 1 is 1.50 bits per heavy atom. The van der Waals surface area contributed by atoms with E-state index in [2.05, 4.69) is 4.98 Å². The molecule has 0 spiro atoms. The fourth-order valence-corrected chi connectivity index (χ4v) is 1.83. The molecule has 8 heteroatoms. The fraction of sp³-hybridized carbons (Fsp3) is 0.400. The standard InChI is InChI=1S/C10H10ClN3O4/c11-9-5-7(8(6-12-9)14(16)17)10(15)13-1-3-18-4-2-13/h5-6H,1-4H2. The van der Waals surface area contributed by atoms with Crippen LogP contribution in [0.3, 0.4) is 0 Å². The Kier molecular flexibility index (Phi) is 3.73. The highest BCUT2D eigenvalue weighted by Crippen LogP contribution is 2.22. The number of morpholine rings is 1. The molecular weight excluding hydrogens is 262 g/mol. The van der Waals surface area contributed by atoms with E-state index in [1.165, 1.54) is 11.0 Å². The van der Waals surface area contributed by atoms with E-state index in [4.69, 9.17) is 16.3 Å². The molecule has 2 rings (SSSR count). The molecular formula is C10H10ClN3O4. The van der Waals surface area contributed by atoms with Gasteiger partial charge >= 0.3 is 0 Å². The predicted molar refractivity (Wildman–Crippen MR) is 62.6 cm³/mol. The number of hydrogen-bond acceptors (Lipinski definition) is 5. The Hall–Kier alpha value is -1.73. The number of rotatable bonds is 2. The third-order valence-electron chi connectivity index (χ3n) is 2.57. The van der Waals surface area contributed by atoms with Gasteiger partial charge in [0.1, 0.15) is 16.9 Å². The molecule has 0 unspecified atom stereocenters. The molecule has 1 fully saturated rings. The Labute approximate surface area is 107 Å². The summed E-state index contributed by atoms with van der Waals surface area (Å²) in [7, 11) is 0. The van der Waals surface area contributed by atoms with E-state index in [1.807, 2.05) is 0 Å². The van der Waals surface area contributed by atoms with Crippen LogP contribution in [0.4, 0.5) is 5.69 Å². The van der Waals surface area contributed by atoms with Crippen LogP contribution in [-0.4, -0.2) is 47.0 Å². The summed E-state index contributed by atoms with van der Waals surface area (Å²) in [4.78, 5) is 27.5. The molecule has 0 saturated carbocycles. The van der Waals surface area contributed by atoms with Gasteiger partial charge in [-0.3, -0.25) is 14.9 Å². The van der Waals surface area contributed by atoms with Crippen molar-refractivity contribution >= 4 is 23.2 Å². The first-order valence-electron chi connectivity index (χ1n) is 5.26. The first-order chi connectivity index (χ1) is 8.59. The van der Waals surface area contributed by atoms with Gasteiger partial charge in [-0.2, -0.15) is 0 Å². The van der Waals surface area contributed by atoms with Crippen LogP contribution in [0.15, 0.2) is 12.3 Å². The number of aromatic nitrogens is 1. The lowest BCUT2D eigenvalue weighted by Crippen LogP contribution is -2.40. The van der Waals surface area contributed by atoms with E-state index >= 15 is 0 Å². The molecule has 7 nitrogen and oxygen atoms in total. The molecule has 0 bridgehead atoms. The molecule has 2 heterocycles. The lowest BCUT2D eigenvalue weighted by Gasteiger charge is -2.26. The molecule has 0 aromatic carbocycles. The van der Waals surface area contributed by atoms with Crippen molar-refractivity contribution in [3.63, 3.8) is 0 Å². The number of carbonyl (C=O) groups excluding carboxylic acids is 1. The summed E-state index contributed by atoms with van der Waals surface area (Å²) in [6.45, 7) is 1.68. The highest BCUT2D eigenvalue weighted by atomic mass is 35.5. The minimum atomic E-state index is -0.642. The summed E-state index contributed by atoms with van der Waals surface area (Å²) >= 11 is 5.68. The molecule has 0 aliphatic carbocycles. The highest BCUT2D eigenvalue weighted by molar-refractivity contribution is 6.29. The second kappa shape index (κ2) is 5.28.